The number of amides is 1. The minimum absolute atomic E-state index is 0.217. The monoisotopic (exact) mass is 378 g/mol. The number of hydrogen-bond donors (Lipinski definition) is 1. The van der Waals surface area contributed by atoms with Crippen LogP contribution in [-0.4, -0.2) is 20.5 Å². The summed E-state index contributed by atoms with van der Waals surface area (Å²) < 4.78 is 15.0. The zero-order valence-electron chi connectivity index (χ0n) is 14.1. The van der Waals surface area contributed by atoms with E-state index >= 15 is 0 Å². The van der Waals surface area contributed by atoms with Gasteiger partial charge in [-0.15, -0.1) is 10.2 Å². The van der Waals surface area contributed by atoms with Crippen molar-refractivity contribution in [2.75, 3.05) is 5.32 Å². The molecule has 0 fully saturated rings. The highest BCUT2D eigenvalue weighted by atomic mass is 32.2. The molecule has 27 heavy (non-hydrogen) atoms. The molecule has 4 rings (SSSR count). The van der Waals surface area contributed by atoms with Crippen LogP contribution in [0.5, 0.6) is 0 Å². The molecule has 0 spiro atoms. The Morgan fingerprint density at radius 2 is 1.70 bits per heavy atom. The molecule has 1 amide bonds. The molecule has 0 saturated carbocycles. The van der Waals surface area contributed by atoms with E-state index in [2.05, 4.69) is 15.5 Å². The van der Waals surface area contributed by atoms with Crippen molar-refractivity contribution in [2.24, 2.45) is 0 Å². The Kier molecular flexibility index (Phi) is 4.84. The van der Waals surface area contributed by atoms with E-state index in [1.165, 1.54) is 36.0 Å². The molecule has 134 valence electrons. The molecule has 2 aromatic heterocycles. The molecule has 0 radical (unpaired) electrons. The van der Waals surface area contributed by atoms with Crippen molar-refractivity contribution in [1.29, 1.82) is 0 Å². The molecule has 1 atom stereocenters. The summed E-state index contributed by atoms with van der Waals surface area (Å²) in [7, 11) is 0. The minimum atomic E-state index is -0.538. The van der Waals surface area contributed by atoms with Crippen LogP contribution in [0.1, 0.15) is 10.8 Å². The van der Waals surface area contributed by atoms with Crippen molar-refractivity contribution < 1.29 is 9.18 Å². The molecule has 5 nitrogen and oxygen atoms in total. The lowest BCUT2D eigenvalue weighted by molar-refractivity contribution is -0.115. The maximum absolute atomic E-state index is 13.1. The highest BCUT2D eigenvalue weighted by Gasteiger charge is 2.24. The number of nitrogens with zero attached hydrogens (tertiary/aromatic N) is 3. The fourth-order valence-corrected chi connectivity index (χ4v) is 3.67. The second kappa shape index (κ2) is 7.59. The molecule has 0 aliphatic heterocycles. The summed E-state index contributed by atoms with van der Waals surface area (Å²) in [6.07, 6.45) is 1.86. The van der Waals surface area contributed by atoms with Gasteiger partial charge in [-0.3, -0.25) is 9.20 Å². The van der Waals surface area contributed by atoms with Crippen LogP contribution in [0.3, 0.4) is 0 Å². The smallest absolute Gasteiger partial charge is 0.242 e. The number of benzene rings is 2. The molecule has 0 aliphatic carbocycles. The first-order valence-electron chi connectivity index (χ1n) is 8.28. The van der Waals surface area contributed by atoms with Crippen LogP contribution in [0.4, 0.5) is 10.1 Å². The number of pyridine rings is 1. The Morgan fingerprint density at radius 1 is 0.963 bits per heavy atom. The number of thioether (sulfide) groups is 1. The maximum Gasteiger partial charge on any atom is 0.242 e. The second-order valence-electron chi connectivity index (χ2n) is 5.82. The zero-order valence-corrected chi connectivity index (χ0v) is 14.9. The highest BCUT2D eigenvalue weighted by molar-refractivity contribution is 8.00. The van der Waals surface area contributed by atoms with E-state index in [1.807, 2.05) is 59.1 Å². The number of carbonyl (C=O) groups excluding carboxylic acids is 1. The molecular weight excluding hydrogens is 363 g/mol. The summed E-state index contributed by atoms with van der Waals surface area (Å²) in [5.41, 5.74) is 2.09. The highest BCUT2D eigenvalue weighted by Crippen LogP contribution is 2.35. The Bertz CT molecular complexity index is 1070. The number of hydrogen-bond acceptors (Lipinski definition) is 4. The number of anilines is 1. The normalized spacial score (nSPS) is 12.0. The van der Waals surface area contributed by atoms with Gasteiger partial charge in [0.25, 0.3) is 0 Å². The minimum Gasteiger partial charge on any atom is -0.325 e. The van der Waals surface area contributed by atoms with Gasteiger partial charge in [-0.2, -0.15) is 0 Å². The SMILES string of the molecule is O=C(Nc1ccc(F)cc1)[C@@H](Sc1nnc2ccccn12)c1ccccc1. The van der Waals surface area contributed by atoms with Gasteiger partial charge in [0.2, 0.25) is 5.91 Å². The first-order chi connectivity index (χ1) is 13.2. The summed E-state index contributed by atoms with van der Waals surface area (Å²) in [5, 5.41) is 11.3. The number of nitrogens with one attached hydrogen (secondary N) is 1. The average molecular weight is 378 g/mol. The van der Waals surface area contributed by atoms with Crippen molar-refractivity contribution in [1.82, 2.24) is 14.6 Å². The fraction of sp³-hybridized carbons (Fsp3) is 0.0500. The molecule has 1 N–H and O–H groups in total. The van der Waals surface area contributed by atoms with Gasteiger partial charge in [0.1, 0.15) is 11.1 Å². The molecule has 0 aliphatic rings. The van der Waals surface area contributed by atoms with Crippen molar-refractivity contribution in [2.45, 2.75) is 10.4 Å². The lowest BCUT2D eigenvalue weighted by atomic mass is 10.1. The Hall–Kier alpha value is -3.19. The molecule has 4 aromatic rings. The fourth-order valence-electron chi connectivity index (χ4n) is 2.65. The van der Waals surface area contributed by atoms with Crippen molar-refractivity contribution in [3.63, 3.8) is 0 Å². The van der Waals surface area contributed by atoms with E-state index in [0.717, 1.165) is 5.56 Å². The Morgan fingerprint density at radius 3 is 2.48 bits per heavy atom. The van der Waals surface area contributed by atoms with Crippen molar-refractivity contribution >= 4 is 29.0 Å². The predicted octanol–water partition coefficient (Wildman–Crippen LogP) is 4.34. The predicted molar refractivity (Wildman–Crippen MR) is 103 cm³/mol. The van der Waals surface area contributed by atoms with E-state index in [4.69, 9.17) is 0 Å². The van der Waals surface area contributed by atoms with Crippen molar-refractivity contribution in [3.05, 3.63) is 90.4 Å². The Labute approximate surface area is 159 Å². The third-order valence-corrected chi connectivity index (χ3v) is 5.17. The number of carbonyl (C=O) groups is 1. The molecule has 0 bridgehead atoms. The van der Waals surface area contributed by atoms with Gasteiger partial charge in [-0.25, -0.2) is 4.39 Å². The standard InChI is InChI=1S/C20H15FN4OS/c21-15-9-11-16(12-10-15)22-19(26)18(14-6-2-1-3-7-14)27-20-24-23-17-8-4-5-13-25(17)20/h1-13,18H,(H,22,26)/t18-/m0/s1. The van der Waals surface area contributed by atoms with Gasteiger partial charge in [0.05, 0.1) is 0 Å². The molecule has 2 aromatic carbocycles. The van der Waals surface area contributed by atoms with Gasteiger partial charge in [-0.1, -0.05) is 48.2 Å². The number of rotatable bonds is 5. The van der Waals surface area contributed by atoms with Crippen LogP contribution in [0.25, 0.3) is 5.65 Å². The lowest BCUT2D eigenvalue weighted by Crippen LogP contribution is -2.19. The van der Waals surface area contributed by atoms with E-state index in [0.29, 0.717) is 16.5 Å². The number of aromatic nitrogens is 3. The summed E-state index contributed by atoms with van der Waals surface area (Å²) in [4.78, 5) is 13.0. The molecule has 0 unspecified atom stereocenters. The van der Waals surface area contributed by atoms with Gasteiger partial charge in [-0.05, 0) is 42.0 Å². The van der Waals surface area contributed by atoms with Crippen LogP contribution in [0, 0.1) is 5.82 Å². The summed E-state index contributed by atoms with van der Waals surface area (Å²) in [5.74, 6) is -0.567. The molecule has 0 saturated heterocycles. The zero-order chi connectivity index (χ0) is 18.6. The van der Waals surface area contributed by atoms with Crippen LogP contribution in [0.2, 0.25) is 0 Å². The number of halogens is 1. The summed E-state index contributed by atoms with van der Waals surface area (Å²) >= 11 is 1.31. The van der Waals surface area contributed by atoms with Crippen molar-refractivity contribution in [3.8, 4) is 0 Å². The Balaban J connectivity index is 1.64. The summed E-state index contributed by atoms with van der Waals surface area (Å²) in [6, 6.07) is 20.8. The first-order valence-corrected chi connectivity index (χ1v) is 9.16. The topological polar surface area (TPSA) is 59.3 Å². The third kappa shape index (κ3) is 3.83. The van der Waals surface area contributed by atoms with E-state index in [9.17, 15) is 9.18 Å². The van der Waals surface area contributed by atoms with Crippen LogP contribution < -0.4 is 5.32 Å². The van der Waals surface area contributed by atoms with Crippen LogP contribution in [0.15, 0.2) is 84.1 Å². The second-order valence-corrected chi connectivity index (χ2v) is 6.89. The maximum atomic E-state index is 13.1. The van der Waals surface area contributed by atoms with E-state index in [-0.39, 0.29) is 11.7 Å². The first kappa shape index (κ1) is 17.2. The lowest BCUT2D eigenvalue weighted by Gasteiger charge is -2.16. The number of fused-ring (bicyclic) bond motifs is 1. The van der Waals surface area contributed by atoms with Crippen LogP contribution >= 0.6 is 11.8 Å². The van der Waals surface area contributed by atoms with Gasteiger partial charge >= 0.3 is 0 Å². The summed E-state index contributed by atoms with van der Waals surface area (Å²) in [6.45, 7) is 0. The quantitative estimate of drug-likeness (QED) is 0.525. The largest absolute Gasteiger partial charge is 0.325 e. The van der Waals surface area contributed by atoms with Gasteiger partial charge in [0, 0.05) is 11.9 Å². The van der Waals surface area contributed by atoms with Gasteiger partial charge < -0.3 is 5.32 Å². The van der Waals surface area contributed by atoms with E-state index < -0.39 is 5.25 Å². The molecule has 7 heteroatoms. The average Bonchev–Trinajstić information content (AvgIpc) is 3.11. The molecule has 2 heterocycles. The third-order valence-electron chi connectivity index (χ3n) is 3.96. The van der Waals surface area contributed by atoms with E-state index in [1.54, 1.807) is 0 Å². The van der Waals surface area contributed by atoms with Gasteiger partial charge in [0.15, 0.2) is 10.8 Å². The van der Waals surface area contributed by atoms with Crippen LogP contribution in [-0.2, 0) is 4.79 Å². The molecular formula is C20H15FN4OS.